The Balaban J connectivity index is 2.13. The molecule has 136 valence electrons. The second kappa shape index (κ2) is 7.38. The van der Waals surface area contributed by atoms with Crippen LogP contribution >= 0.6 is 21.8 Å². The summed E-state index contributed by atoms with van der Waals surface area (Å²) in [5, 5.41) is 0. The lowest BCUT2D eigenvalue weighted by molar-refractivity contribution is 0.261. The van der Waals surface area contributed by atoms with Gasteiger partial charge in [0, 0.05) is 13.2 Å². The van der Waals surface area contributed by atoms with E-state index in [1.54, 1.807) is 0 Å². The summed E-state index contributed by atoms with van der Waals surface area (Å²) in [7, 11) is -1.41. The number of likely N-dealkylation sites (N-methyl/N-ethyl adjacent to an activating group) is 1. The maximum absolute atomic E-state index is 6.22. The van der Waals surface area contributed by atoms with Gasteiger partial charge in [0.2, 0.25) is 7.43 Å². The van der Waals surface area contributed by atoms with E-state index in [9.17, 15) is 0 Å². The first-order chi connectivity index (χ1) is 11.0. The topological polar surface area (TPSA) is 58.8 Å². The predicted molar refractivity (Wildman–Crippen MR) is 109 cm³/mol. The van der Waals surface area contributed by atoms with E-state index in [0.29, 0.717) is 6.61 Å². The third-order valence-electron chi connectivity index (χ3n) is 3.12. The summed E-state index contributed by atoms with van der Waals surface area (Å²) < 4.78 is 26.6. The Morgan fingerprint density at radius 2 is 1.38 bits per heavy atom. The molecule has 0 N–H and O–H groups in total. The quantitative estimate of drug-likeness (QED) is 0.609. The van der Waals surface area contributed by atoms with Crippen molar-refractivity contribution < 1.29 is 9.26 Å². The van der Waals surface area contributed by atoms with Gasteiger partial charge in [-0.25, -0.2) is 13.5 Å². The minimum absolute atomic E-state index is 0.668. The van der Waals surface area contributed by atoms with Crippen LogP contribution in [0.5, 0.6) is 11.5 Å². The number of benzene rings is 1. The molecule has 0 saturated carbocycles. The third-order valence-corrected chi connectivity index (χ3v) is 13.3. The average molecular weight is 390 g/mol. The summed E-state index contributed by atoms with van der Waals surface area (Å²) in [5.41, 5.74) is 0. The minimum atomic E-state index is -2.17. The van der Waals surface area contributed by atoms with Gasteiger partial charge in [0.15, 0.2) is 0 Å². The summed E-state index contributed by atoms with van der Waals surface area (Å²) in [5.74, 6) is 1.64. The van der Waals surface area contributed by atoms with Gasteiger partial charge in [0.05, 0.1) is 14.4 Å². The maximum atomic E-state index is 6.22. The highest BCUT2D eigenvalue weighted by atomic mass is 31.3. The lowest BCUT2D eigenvalue weighted by Gasteiger charge is -2.28. The minimum Gasteiger partial charge on any atom is -0.492 e. The zero-order valence-corrected chi connectivity index (χ0v) is 18.4. The standard InChI is InChI=1S/C15H29N4O2P3/c1-19(2)12-13-20-14-8-10-15(11-9-14)21-24(7)17-22(3,4)16-23(5,6)18-24/h8-11H,12-13H2,1-7H3. The molecule has 1 atom stereocenters. The van der Waals surface area contributed by atoms with Crippen LogP contribution in [0.25, 0.3) is 0 Å². The van der Waals surface area contributed by atoms with Gasteiger partial charge in [0.1, 0.15) is 18.1 Å². The smallest absolute Gasteiger partial charge is 0.248 e. The van der Waals surface area contributed by atoms with Crippen LogP contribution in [0.2, 0.25) is 0 Å². The first kappa shape index (κ1) is 19.8. The molecule has 0 bridgehead atoms. The Labute approximate surface area is 146 Å². The molecule has 0 amide bonds. The summed E-state index contributed by atoms with van der Waals surface area (Å²) in [6, 6.07) is 7.74. The van der Waals surface area contributed by atoms with Crippen LogP contribution in [0.1, 0.15) is 0 Å². The zero-order chi connectivity index (χ0) is 18.0. The van der Waals surface area contributed by atoms with E-state index >= 15 is 0 Å². The third kappa shape index (κ3) is 6.08. The van der Waals surface area contributed by atoms with Crippen molar-refractivity contribution in [3.05, 3.63) is 24.3 Å². The van der Waals surface area contributed by atoms with Gasteiger partial charge in [-0.15, -0.1) is 0 Å². The van der Waals surface area contributed by atoms with Gasteiger partial charge in [-0.3, -0.25) is 0 Å². The molecular formula is C15H29N4O2P3. The van der Waals surface area contributed by atoms with Gasteiger partial charge in [-0.1, -0.05) is 0 Å². The molecule has 1 unspecified atom stereocenters. The normalized spacial score (nSPS) is 24.5. The maximum Gasteiger partial charge on any atom is 0.248 e. The molecule has 9 heteroatoms. The van der Waals surface area contributed by atoms with Crippen molar-refractivity contribution >= 4 is 21.8 Å². The van der Waals surface area contributed by atoms with Gasteiger partial charge >= 0.3 is 0 Å². The molecule has 0 aliphatic carbocycles. The molecule has 6 nitrogen and oxygen atoms in total. The first-order valence-electron chi connectivity index (χ1n) is 7.85. The van der Waals surface area contributed by atoms with E-state index in [2.05, 4.69) is 31.6 Å². The molecule has 24 heavy (non-hydrogen) atoms. The molecule has 2 rings (SSSR count). The van der Waals surface area contributed by atoms with Crippen LogP contribution in [0.15, 0.2) is 37.8 Å². The Morgan fingerprint density at radius 1 is 0.833 bits per heavy atom. The van der Waals surface area contributed by atoms with E-state index in [0.717, 1.165) is 18.0 Å². The molecule has 0 saturated heterocycles. The summed E-state index contributed by atoms with van der Waals surface area (Å²) in [6.07, 6.45) is 0. The number of rotatable bonds is 6. The van der Waals surface area contributed by atoms with Crippen molar-refractivity contribution in [2.24, 2.45) is 13.5 Å². The Morgan fingerprint density at radius 3 is 1.92 bits per heavy atom. The van der Waals surface area contributed by atoms with Crippen molar-refractivity contribution in [3.8, 4) is 11.5 Å². The van der Waals surface area contributed by atoms with E-state index < -0.39 is 21.8 Å². The lowest BCUT2D eigenvalue weighted by atomic mass is 10.3. The number of hydrogen-bond acceptors (Lipinski definition) is 6. The molecular weight excluding hydrogens is 361 g/mol. The molecule has 0 aromatic heterocycles. The van der Waals surface area contributed by atoms with Crippen LogP contribution in [0.3, 0.4) is 0 Å². The number of hydrogen-bond donors (Lipinski definition) is 0. The van der Waals surface area contributed by atoms with E-state index in [1.165, 1.54) is 0 Å². The number of ether oxygens (including phenoxy) is 1. The molecule has 0 radical (unpaired) electrons. The van der Waals surface area contributed by atoms with E-state index in [-0.39, 0.29) is 0 Å². The van der Waals surface area contributed by atoms with Crippen LogP contribution in [0, 0.1) is 0 Å². The number of nitrogens with zero attached hydrogens (tertiary/aromatic N) is 4. The Bertz CT molecular complexity index is 737. The predicted octanol–water partition coefficient (Wildman–Crippen LogP) is 5.43. The van der Waals surface area contributed by atoms with Crippen molar-refractivity contribution in [2.45, 2.75) is 0 Å². The SMILES string of the molecule is CN(C)CCOc1ccc(OP2(C)=NP(C)(C)=NP(C)(C)=N2)cc1. The van der Waals surface area contributed by atoms with Crippen molar-refractivity contribution in [1.29, 1.82) is 0 Å². The van der Waals surface area contributed by atoms with Gasteiger partial charge in [-0.2, -0.15) is 0 Å². The molecule has 0 spiro atoms. The Hall–Kier alpha value is -0.530. The largest absolute Gasteiger partial charge is 0.492 e. The fraction of sp³-hybridized carbons (Fsp3) is 0.600. The first-order valence-corrected chi connectivity index (χ1v) is 15.1. The Kier molecular flexibility index (Phi) is 6.08. The summed E-state index contributed by atoms with van der Waals surface area (Å²) in [4.78, 5) is 2.09. The molecule has 0 fully saturated rings. The fourth-order valence-electron chi connectivity index (χ4n) is 2.58. The second-order valence-electron chi connectivity index (χ2n) is 6.99. The van der Waals surface area contributed by atoms with E-state index in [1.807, 2.05) is 45.0 Å². The van der Waals surface area contributed by atoms with Crippen molar-refractivity contribution in [1.82, 2.24) is 4.90 Å². The monoisotopic (exact) mass is 390 g/mol. The summed E-state index contributed by atoms with van der Waals surface area (Å²) in [6.45, 7) is 12.1. The van der Waals surface area contributed by atoms with Gasteiger partial charge in [0.25, 0.3) is 0 Å². The summed E-state index contributed by atoms with van der Waals surface area (Å²) >= 11 is 0. The second-order valence-corrected chi connectivity index (χ2v) is 16.3. The van der Waals surface area contributed by atoms with Crippen molar-refractivity contribution in [2.75, 3.05) is 60.6 Å². The average Bonchev–Trinajstić information content (AvgIpc) is 2.35. The fourth-order valence-corrected chi connectivity index (χ4v) is 15.6. The van der Waals surface area contributed by atoms with Crippen LogP contribution in [0.4, 0.5) is 0 Å². The molecule has 1 aliphatic heterocycles. The highest BCUT2D eigenvalue weighted by Gasteiger charge is 2.26. The van der Waals surface area contributed by atoms with E-state index in [4.69, 9.17) is 22.8 Å². The molecule has 1 aromatic rings. The van der Waals surface area contributed by atoms with Gasteiger partial charge in [-0.05, 0) is 65.0 Å². The molecule has 1 aliphatic rings. The van der Waals surface area contributed by atoms with Gasteiger partial charge < -0.3 is 14.2 Å². The molecule has 1 aromatic carbocycles. The van der Waals surface area contributed by atoms with Crippen LogP contribution in [-0.2, 0) is 0 Å². The highest BCUT2D eigenvalue weighted by molar-refractivity contribution is 7.84. The van der Waals surface area contributed by atoms with Crippen LogP contribution in [-0.4, -0.2) is 65.5 Å². The lowest BCUT2D eigenvalue weighted by Crippen LogP contribution is -2.19. The molecule has 1 heterocycles. The van der Waals surface area contributed by atoms with Crippen molar-refractivity contribution in [3.63, 3.8) is 0 Å². The van der Waals surface area contributed by atoms with Crippen LogP contribution < -0.4 is 9.26 Å². The highest BCUT2D eigenvalue weighted by Crippen LogP contribution is 2.73. The zero-order valence-electron chi connectivity index (χ0n) is 15.7.